The molecule has 0 saturated carbocycles. The summed E-state index contributed by atoms with van der Waals surface area (Å²) in [6.07, 6.45) is 1.60. The lowest BCUT2D eigenvalue weighted by Crippen LogP contribution is -2.52. The quantitative estimate of drug-likeness (QED) is 0.327. The molecule has 1 aromatic heterocycles. The molecule has 1 aliphatic heterocycles. The molecule has 0 unspecified atom stereocenters. The molecule has 1 aliphatic rings. The Morgan fingerprint density at radius 2 is 1.67 bits per heavy atom. The molecule has 1 saturated heterocycles. The first kappa shape index (κ1) is 21.4. The fourth-order valence-electron chi connectivity index (χ4n) is 3.63. The monoisotopic (exact) mass is 425 g/mol. The minimum atomic E-state index is -0.434. The fraction of sp³-hybridized carbons (Fsp3) is 0.273. The normalized spacial score (nSPS) is 14.5. The maximum Gasteiger partial charge on any atom is 0.338 e. The molecule has 2 aromatic rings. The topological polar surface area (TPSA) is 71.8 Å². The van der Waals surface area contributed by atoms with Crippen LogP contribution >= 0.6 is 12.2 Å². The summed E-state index contributed by atoms with van der Waals surface area (Å²) in [5.74, 6) is -1.27. The van der Waals surface area contributed by atoms with Crippen molar-refractivity contribution in [2.45, 2.75) is 20.8 Å². The van der Waals surface area contributed by atoms with E-state index in [0.717, 1.165) is 28.2 Å². The van der Waals surface area contributed by atoms with E-state index in [2.05, 4.69) is 0 Å². The number of methoxy groups -OCH3 is 1. The second-order valence-corrected chi connectivity index (χ2v) is 7.54. The van der Waals surface area contributed by atoms with Crippen LogP contribution in [-0.2, 0) is 14.3 Å². The number of carbonyl (C=O) groups is 3. The summed E-state index contributed by atoms with van der Waals surface area (Å²) in [5.41, 5.74) is 4.61. The molecule has 0 spiro atoms. The van der Waals surface area contributed by atoms with E-state index in [1.54, 1.807) is 32.3 Å². The number of likely N-dealkylation sites (N-methyl/N-ethyl adjacent to an activating group) is 2. The maximum atomic E-state index is 12.6. The molecule has 30 heavy (non-hydrogen) atoms. The number of ether oxygens (including phenoxy) is 1. The number of hydrogen-bond donors (Lipinski definition) is 0. The van der Waals surface area contributed by atoms with Gasteiger partial charge in [0, 0.05) is 31.2 Å². The number of esters is 1. The second-order valence-electron chi connectivity index (χ2n) is 7.17. The highest BCUT2D eigenvalue weighted by molar-refractivity contribution is 7.80. The Hall–Kier alpha value is -3.26. The molecule has 1 aromatic carbocycles. The van der Waals surface area contributed by atoms with Gasteiger partial charge in [-0.2, -0.15) is 0 Å². The number of aromatic nitrogens is 1. The first-order chi connectivity index (χ1) is 14.1. The summed E-state index contributed by atoms with van der Waals surface area (Å²) < 4.78 is 6.86. The fourth-order valence-corrected chi connectivity index (χ4v) is 3.80. The minimum absolute atomic E-state index is 0.0499. The van der Waals surface area contributed by atoms with Crippen LogP contribution in [0.5, 0.6) is 0 Å². The van der Waals surface area contributed by atoms with Crippen molar-refractivity contribution in [2.24, 2.45) is 0 Å². The summed E-state index contributed by atoms with van der Waals surface area (Å²) >= 11 is 5.14. The Labute approximate surface area is 180 Å². The van der Waals surface area contributed by atoms with Crippen molar-refractivity contribution in [1.82, 2.24) is 14.4 Å². The van der Waals surface area contributed by atoms with Gasteiger partial charge >= 0.3 is 5.97 Å². The van der Waals surface area contributed by atoms with Crippen LogP contribution in [0, 0.1) is 20.8 Å². The standard InChI is InChI=1S/C22H23N3O4S/c1-12-10-15(11-17-19(26)23(4)22(30)24(5)20(17)27)14(3)25(12)18-9-7-8-16(13(18)2)21(28)29-6/h7-11H,1-6H3. The van der Waals surface area contributed by atoms with Crippen LogP contribution in [0.2, 0.25) is 0 Å². The molecule has 3 rings (SSSR count). The Bertz CT molecular complexity index is 1100. The van der Waals surface area contributed by atoms with Gasteiger partial charge in [-0.3, -0.25) is 19.4 Å². The zero-order valence-electron chi connectivity index (χ0n) is 17.8. The average molecular weight is 426 g/mol. The zero-order valence-corrected chi connectivity index (χ0v) is 18.6. The van der Waals surface area contributed by atoms with E-state index < -0.39 is 17.8 Å². The lowest BCUT2D eigenvalue weighted by Gasteiger charge is -2.31. The molecule has 0 radical (unpaired) electrons. The molecular formula is C22H23N3O4S. The van der Waals surface area contributed by atoms with Crippen LogP contribution in [0.25, 0.3) is 11.8 Å². The molecule has 2 heterocycles. The van der Waals surface area contributed by atoms with Gasteiger partial charge in [-0.1, -0.05) is 6.07 Å². The molecule has 156 valence electrons. The first-order valence-electron chi connectivity index (χ1n) is 9.29. The van der Waals surface area contributed by atoms with Gasteiger partial charge in [0.05, 0.1) is 12.7 Å². The SMILES string of the molecule is COC(=O)c1cccc(-n2c(C)cc(C=C3C(=O)N(C)C(=S)N(C)C3=O)c2C)c1C. The maximum absolute atomic E-state index is 12.6. The lowest BCUT2D eigenvalue weighted by molar-refractivity contribution is -0.132. The van der Waals surface area contributed by atoms with Crippen molar-refractivity contribution in [3.8, 4) is 5.69 Å². The summed E-state index contributed by atoms with van der Waals surface area (Å²) in [6, 6.07) is 7.33. The molecule has 2 amide bonds. The average Bonchev–Trinajstić information content (AvgIpc) is 3.01. The highest BCUT2D eigenvalue weighted by Crippen LogP contribution is 2.28. The first-order valence-corrected chi connectivity index (χ1v) is 9.70. The largest absolute Gasteiger partial charge is 0.465 e. The van der Waals surface area contributed by atoms with E-state index in [0.29, 0.717) is 5.56 Å². The van der Waals surface area contributed by atoms with E-state index in [-0.39, 0.29) is 10.7 Å². The van der Waals surface area contributed by atoms with Crippen molar-refractivity contribution in [3.63, 3.8) is 0 Å². The number of nitrogens with zero attached hydrogens (tertiary/aromatic N) is 3. The van der Waals surface area contributed by atoms with Gasteiger partial charge in [-0.25, -0.2) is 4.79 Å². The highest BCUT2D eigenvalue weighted by Gasteiger charge is 2.35. The van der Waals surface area contributed by atoms with Gasteiger partial charge in [0.1, 0.15) is 5.57 Å². The third kappa shape index (κ3) is 3.33. The molecule has 0 atom stereocenters. The van der Waals surface area contributed by atoms with Gasteiger partial charge in [0.25, 0.3) is 11.8 Å². The Kier molecular flexibility index (Phi) is 5.63. The molecular weight excluding hydrogens is 402 g/mol. The molecule has 0 aliphatic carbocycles. The number of hydrogen-bond acceptors (Lipinski definition) is 5. The number of rotatable bonds is 3. The van der Waals surface area contributed by atoms with Crippen LogP contribution in [0.1, 0.15) is 32.9 Å². The predicted molar refractivity (Wildman–Crippen MR) is 117 cm³/mol. The zero-order chi connectivity index (χ0) is 22.3. The third-order valence-electron chi connectivity index (χ3n) is 5.37. The third-order valence-corrected chi connectivity index (χ3v) is 5.91. The number of carbonyl (C=O) groups excluding carboxylic acids is 3. The van der Waals surface area contributed by atoms with Crippen LogP contribution in [0.3, 0.4) is 0 Å². The lowest BCUT2D eigenvalue weighted by atomic mass is 10.1. The summed E-state index contributed by atoms with van der Waals surface area (Å²) in [4.78, 5) is 39.9. The van der Waals surface area contributed by atoms with E-state index >= 15 is 0 Å². The Morgan fingerprint density at radius 1 is 1.07 bits per heavy atom. The Balaban J connectivity index is 2.13. The molecule has 8 heteroatoms. The van der Waals surface area contributed by atoms with E-state index in [1.807, 2.05) is 37.5 Å². The number of thiocarbonyl (C=S) groups is 1. The van der Waals surface area contributed by atoms with Crippen LogP contribution < -0.4 is 0 Å². The predicted octanol–water partition coefficient (Wildman–Crippen LogP) is 2.79. The smallest absolute Gasteiger partial charge is 0.338 e. The van der Waals surface area contributed by atoms with Crippen LogP contribution in [0.4, 0.5) is 0 Å². The Morgan fingerprint density at radius 3 is 2.23 bits per heavy atom. The van der Waals surface area contributed by atoms with Gasteiger partial charge in [0.2, 0.25) is 0 Å². The van der Waals surface area contributed by atoms with Gasteiger partial charge in [-0.05, 0) is 68.4 Å². The van der Waals surface area contributed by atoms with Gasteiger partial charge < -0.3 is 9.30 Å². The molecule has 7 nitrogen and oxygen atoms in total. The molecule has 0 N–H and O–H groups in total. The number of aryl methyl sites for hydroxylation is 1. The molecule has 0 bridgehead atoms. The van der Waals surface area contributed by atoms with Crippen LogP contribution in [-0.4, -0.2) is 58.5 Å². The van der Waals surface area contributed by atoms with Crippen molar-refractivity contribution in [2.75, 3.05) is 21.2 Å². The second kappa shape index (κ2) is 7.87. The van der Waals surface area contributed by atoms with Crippen molar-refractivity contribution in [3.05, 3.63) is 57.9 Å². The molecule has 1 fully saturated rings. The van der Waals surface area contributed by atoms with Gasteiger partial charge in [-0.15, -0.1) is 0 Å². The highest BCUT2D eigenvalue weighted by atomic mass is 32.1. The van der Waals surface area contributed by atoms with E-state index in [1.165, 1.54) is 16.9 Å². The summed E-state index contributed by atoms with van der Waals surface area (Å²) in [6.45, 7) is 5.69. The van der Waals surface area contributed by atoms with Crippen LogP contribution in [0.15, 0.2) is 29.8 Å². The minimum Gasteiger partial charge on any atom is -0.465 e. The van der Waals surface area contributed by atoms with E-state index in [4.69, 9.17) is 17.0 Å². The summed E-state index contributed by atoms with van der Waals surface area (Å²) in [7, 11) is 4.45. The number of amides is 2. The van der Waals surface area contributed by atoms with Crippen molar-refractivity contribution >= 4 is 41.2 Å². The number of benzene rings is 1. The van der Waals surface area contributed by atoms with E-state index in [9.17, 15) is 14.4 Å². The summed E-state index contributed by atoms with van der Waals surface area (Å²) in [5, 5.41) is 0.169. The van der Waals surface area contributed by atoms with Crippen molar-refractivity contribution in [1.29, 1.82) is 0 Å². The van der Waals surface area contributed by atoms with Gasteiger partial charge in [0.15, 0.2) is 5.11 Å². The van der Waals surface area contributed by atoms with Crippen molar-refractivity contribution < 1.29 is 19.1 Å².